The van der Waals surface area contributed by atoms with E-state index in [1.807, 2.05) is 37.3 Å². The Kier molecular flexibility index (Phi) is 13.3. The van der Waals surface area contributed by atoms with E-state index in [2.05, 4.69) is 8.92 Å². The number of rotatable bonds is 12. The van der Waals surface area contributed by atoms with Crippen molar-refractivity contribution in [3.05, 3.63) is 65.7 Å². The average Bonchev–Trinajstić information content (AvgIpc) is 2.83. The van der Waals surface area contributed by atoms with Gasteiger partial charge in [-0.1, -0.05) is 48.0 Å². The third-order valence-corrected chi connectivity index (χ3v) is 6.72. The molecular formula is C23H29F3O10S2. The van der Waals surface area contributed by atoms with Crippen LogP contribution < -0.4 is 0 Å². The summed E-state index contributed by atoms with van der Waals surface area (Å²) in [5.74, 6) is -1.18. The van der Waals surface area contributed by atoms with Crippen molar-refractivity contribution in [2.75, 3.05) is 19.8 Å². The average molecular weight is 587 g/mol. The number of hydrogen-bond acceptors (Lipinski definition) is 10. The predicted octanol–water partition coefficient (Wildman–Crippen LogP) is 3.08. The summed E-state index contributed by atoms with van der Waals surface area (Å²) in [6.45, 7) is 4.06. The molecule has 2 aromatic rings. The van der Waals surface area contributed by atoms with Gasteiger partial charge in [0, 0.05) is 0 Å². The van der Waals surface area contributed by atoms with Crippen LogP contribution in [0.4, 0.5) is 13.2 Å². The van der Waals surface area contributed by atoms with E-state index in [0.29, 0.717) is 6.61 Å². The van der Waals surface area contributed by atoms with Crippen molar-refractivity contribution in [1.82, 2.24) is 0 Å². The van der Waals surface area contributed by atoms with Crippen LogP contribution in [0.5, 0.6) is 0 Å². The largest absolute Gasteiger partial charge is 0.523 e. The summed E-state index contributed by atoms with van der Waals surface area (Å²) in [6, 6.07) is 15.8. The third-order valence-electron chi connectivity index (χ3n) is 4.32. The maximum absolute atomic E-state index is 12.0. The summed E-state index contributed by atoms with van der Waals surface area (Å²) in [4.78, 5) is 10.8. The van der Waals surface area contributed by atoms with E-state index in [-0.39, 0.29) is 24.7 Å². The van der Waals surface area contributed by atoms with Crippen LogP contribution in [0.2, 0.25) is 0 Å². The van der Waals surface area contributed by atoms with E-state index in [9.17, 15) is 39.9 Å². The van der Waals surface area contributed by atoms with Crippen molar-refractivity contribution in [1.29, 1.82) is 0 Å². The van der Waals surface area contributed by atoms with Crippen molar-refractivity contribution in [3.63, 3.8) is 0 Å². The SMILES string of the molecule is CCOC(=O)C(C)OS(=O)(=O)C(F)(F)F.Cc1ccc(S(=O)(=O)OCC(O)COCc2ccccc2)cc1. The second-order valence-electron chi connectivity index (χ2n) is 7.60. The number of halogens is 3. The van der Waals surface area contributed by atoms with Gasteiger partial charge in [0.15, 0.2) is 6.10 Å². The van der Waals surface area contributed by atoms with Crippen molar-refractivity contribution < 1.29 is 57.7 Å². The highest BCUT2D eigenvalue weighted by Crippen LogP contribution is 2.25. The maximum atomic E-state index is 12.0. The van der Waals surface area contributed by atoms with Crippen LogP contribution in [0, 0.1) is 6.92 Å². The van der Waals surface area contributed by atoms with E-state index in [1.165, 1.54) is 19.1 Å². The zero-order valence-corrected chi connectivity index (χ0v) is 22.4. The van der Waals surface area contributed by atoms with Gasteiger partial charge in [-0.25, -0.2) is 8.98 Å². The number of aryl methyl sites for hydroxylation is 1. The Balaban J connectivity index is 0.000000420. The second kappa shape index (κ2) is 15.1. The summed E-state index contributed by atoms with van der Waals surface area (Å²) in [7, 11) is -9.63. The van der Waals surface area contributed by atoms with Crippen molar-refractivity contribution in [3.8, 4) is 0 Å². The van der Waals surface area contributed by atoms with Crippen LogP contribution in [0.25, 0.3) is 0 Å². The molecule has 0 saturated heterocycles. The van der Waals surface area contributed by atoms with E-state index in [4.69, 9.17) is 8.92 Å². The standard InChI is InChI=1S/C17H20O5S.C6H9F3O5S/c1-14-7-9-17(10-8-14)23(19,20)22-13-16(18)12-21-11-15-5-3-2-4-6-15;1-3-13-5(10)4(2)14-15(11,12)6(7,8)9/h2-10,16,18H,11-13H2,1H3;4H,3H2,1-2H3. The second-order valence-corrected chi connectivity index (χ2v) is 10.8. The minimum absolute atomic E-state index is 0.00167. The number of esters is 1. The molecule has 1 N–H and O–H groups in total. The number of alkyl halides is 3. The molecule has 0 aliphatic heterocycles. The molecule has 0 heterocycles. The first-order chi connectivity index (χ1) is 17.6. The number of carbonyl (C=O) groups is 1. The number of hydrogen-bond donors (Lipinski definition) is 1. The summed E-state index contributed by atoms with van der Waals surface area (Å²) < 4.78 is 98.2. The van der Waals surface area contributed by atoms with Crippen LogP contribution in [0.3, 0.4) is 0 Å². The molecule has 2 rings (SSSR count). The molecule has 2 aromatic carbocycles. The Labute approximate surface area is 219 Å². The van der Waals surface area contributed by atoms with Crippen LogP contribution in [0.1, 0.15) is 25.0 Å². The number of aliphatic hydroxyl groups excluding tert-OH is 1. The lowest BCUT2D eigenvalue weighted by Crippen LogP contribution is -2.33. The van der Waals surface area contributed by atoms with Gasteiger partial charge in [0.2, 0.25) is 0 Å². The minimum atomic E-state index is -5.76. The molecule has 0 amide bonds. The van der Waals surface area contributed by atoms with Gasteiger partial charge in [-0.2, -0.15) is 30.0 Å². The Hall–Kier alpha value is -2.56. The Bertz CT molecular complexity index is 1200. The highest BCUT2D eigenvalue weighted by Gasteiger charge is 2.49. The molecule has 38 heavy (non-hydrogen) atoms. The molecule has 10 nitrogen and oxygen atoms in total. The van der Waals surface area contributed by atoms with Gasteiger partial charge in [0.05, 0.1) is 31.3 Å². The zero-order chi connectivity index (χ0) is 29.0. The molecule has 2 atom stereocenters. The number of aliphatic hydroxyl groups is 1. The molecule has 2 unspecified atom stereocenters. The number of benzene rings is 2. The van der Waals surface area contributed by atoms with Gasteiger partial charge in [-0.15, -0.1) is 0 Å². The van der Waals surface area contributed by atoms with E-state index >= 15 is 0 Å². The summed E-state index contributed by atoms with van der Waals surface area (Å²) >= 11 is 0. The Morgan fingerprint density at radius 1 is 0.974 bits per heavy atom. The first-order valence-electron chi connectivity index (χ1n) is 11.0. The molecule has 214 valence electrons. The lowest BCUT2D eigenvalue weighted by atomic mass is 10.2. The van der Waals surface area contributed by atoms with E-state index in [0.717, 1.165) is 18.1 Å². The molecular weight excluding hydrogens is 557 g/mol. The minimum Gasteiger partial charge on any atom is -0.464 e. The van der Waals surface area contributed by atoms with Gasteiger partial charge in [-0.05, 0) is 38.5 Å². The monoisotopic (exact) mass is 586 g/mol. The number of ether oxygens (including phenoxy) is 2. The molecule has 0 bridgehead atoms. The van der Waals surface area contributed by atoms with Crippen molar-refractivity contribution in [2.24, 2.45) is 0 Å². The lowest BCUT2D eigenvalue weighted by Gasteiger charge is -2.13. The van der Waals surface area contributed by atoms with Gasteiger partial charge in [0.1, 0.15) is 6.10 Å². The molecule has 0 aromatic heterocycles. The lowest BCUT2D eigenvalue weighted by molar-refractivity contribution is -0.151. The molecule has 0 aliphatic rings. The van der Waals surface area contributed by atoms with Crippen molar-refractivity contribution in [2.45, 2.75) is 50.0 Å². The molecule has 0 aliphatic carbocycles. The molecule has 0 spiro atoms. The van der Waals surface area contributed by atoms with Crippen LogP contribution in [0.15, 0.2) is 59.5 Å². The summed E-state index contributed by atoms with van der Waals surface area (Å²) in [5, 5.41) is 9.77. The fourth-order valence-corrected chi connectivity index (χ4v) is 3.93. The highest BCUT2D eigenvalue weighted by atomic mass is 32.2. The zero-order valence-electron chi connectivity index (χ0n) is 20.8. The van der Waals surface area contributed by atoms with Gasteiger partial charge >= 0.3 is 21.6 Å². The quantitative estimate of drug-likeness (QED) is 0.224. The predicted molar refractivity (Wildman–Crippen MR) is 129 cm³/mol. The normalized spacial score (nSPS) is 13.7. The van der Waals surface area contributed by atoms with Gasteiger partial charge in [-0.3, -0.25) is 4.18 Å². The maximum Gasteiger partial charge on any atom is 0.523 e. The van der Waals surface area contributed by atoms with E-state index in [1.54, 1.807) is 12.1 Å². The summed E-state index contributed by atoms with van der Waals surface area (Å²) in [6.07, 6.45) is -2.84. The van der Waals surface area contributed by atoms with Gasteiger partial charge < -0.3 is 14.6 Å². The summed E-state index contributed by atoms with van der Waals surface area (Å²) in [5.41, 5.74) is -3.61. The van der Waals surface area contributed by atoms with Gasteiger partial charge in [0.25, 0.3) is 10.1 Å². The Morgan fingerprint density at radius 3 is 2.08 bits per heavy atom. The highest BCUT2D eigenvalue weighted by molar-refractivity contribution is 7.87. The topological polar surface area (TPSA) is 142 Å². The molecule has 0 radical (unpaired) electrons. The van der Waals surface area contributed by atoms with Crippen LogP contribution in [-0.4, -0.2) is 65.4 Å². The third kappa shape index (κ3) is 11.9. The first-order valence-corrected chi connectivity index (χ1v) is 13.8. The first kappa shape index (κ1) is 33.5. The Morgan fingerprint density at radius 2 is 1.55 bits per heavy atom. The van der Waals surface area contributed by atoms with Crippen LogP contribution in [-0.2, 0) is 49.5 Å². The fraction of sp³-hybridized carbons (Fsp3) is 0.435. The molecule has 0 saturated carbocycles. The van der Waals surface area contributed by atoms with E-state index < -0.39 is 43.9 Å². The van der Waals surface area contributed by atoms with Crippen LogP contribution >= 0.6 is 0 Å². The smallest absolute Gasteiger partial charge is 0.464 e. The molecule has 15 heteroatoms. The number of carbonyl (C=O) groups excluding carboxylic acids is 1. The molecule has 0 fully saturated rings. The van der Waals surface area contributed by atoms with Crippen molar-refractivity contribution >= 4 is 26.2 Å². The fourth-order valence-electron chi connectivity index (χ4n) is 2.42.